The summed E-state index contributed by atoms with van der Waals surface area (Å²) in [6.07, 6.45) is 6.00. The number of carbonyl (C=O) groups excluding carboxylic acids is 4. The van der Waals surface area contributed by atoms with Crippen molar-refractivity contribution in [2.45, 2.75) is 26.2 Å². The van der Waals surface area contributed by atoms with Crippen LogP contribution in [0.1, 0.15) is 36.5 Å². The summed E-state index contributed by atoms with van der Waals surface area (Å²) in [6.45, 7) is 4.68. The predicted molar refractivity (Wildman–Crippen MR) is 119 cm³/mol. The highest BCUT2D eigenvalue weighted by molar-refractivity contribution is 6.06. The minimum absolute atomic E-state index is 0.0336. The fraction of sp³-hybridized carbons (Fsp3) is 0.520. The lowest BCUT2D eigenvalue weighted by Crippen LogP contribution is -2.48. The Kier molecular flexibility index (Phi) is 5.35. The molecule has 1 aromatic rings. The highest BCUT2D eigenvalue weighted by atomic mass is 16.2. The van der Waals surface area contributed by atoms with Gasteiger partial charge in [0.25, 0.3) is 0 Å². The number of anilines is 1. The van der Waals surface area contributed by atoms with Gasteiger partial charge in [-0.05, 0) is 55.9 Å². The molecule has 4 atom stereocenters. The minimum Gasteiger partial charge on any atom is -0.368 e. The Labute approximate surface area is 188 Å². The molecule has 0 radical (unpaired) electrons. The van der Waals surface area contributed by atoms with Crippen molar-refractivity contribution in [2.24, 2.45) is 23.7 Å². The van der Waals surface area contributed by atoms with Gasteiger partial charge in [-0.2, -0.15) is 0 Å². The molecule has 2 saturated heterocycles. The van der Waals surface area contributed by atoms with Crippen LogP contribution < -0.4 is 4.90 Å². The number of piperazine rings is 1. The topological polar surface area (TPSA) is 78.0 Å². The van der Waals surface area contributed by atoms with E-state index in [1.54, 1.807) is 6.92 Å². The number of amides is 3. The lowest BCUT2D eigenvalue weighted by molar-refractivity contribution is -0.141. The molecule has 4 aliphatic rings. The van der Waals surface area contributed by atoms with E-state index in [9.17, 15) is 19.2 Å². The van der Waals surface area contributed by atoms with Crippen molar-refractivity contribution in [1.82, 2.24) is 9.80 Å². The van der Waals surface area contributed by atoms with Crippen molar-refractivity contribution >= 4 is 29.2 Å². The number of nitrogens with zero attached hydrogens (tertiary/aromatic N) is 3. The van der Waals surface area contributed by atoms with Crippen molar-refractivity contribution in [3.05, 3.63) is 42.0 Å². The summed E-state index contributed by atoms with van der Waals surface area (Å²) < 4.78 is 0. The summed E-state index contributed by atoms with van der Waals surface area (Å²) in [5, 5.41) is 0. The van der Waals surface area contributed by atoms with E-state index in [1.807, 2.05) is 29.2 Å². The fourth-order valence-electron chi connectivity index (χ4n) is 5.85. The summed E-state index contributed by atoms with van der Waals surface area (Å²) in [5.74, 6) is 0.194. The number of imide groups is 1. The molecule has 2 aliphatic carbocycles. The van der Waals surface area contributed by atoms with Gasteiger partial charge in [-0.25, -0.2) is 0 Å². The molecular weight excluding hydrogens is 406 g/mol. The van der Waals surface area contributed by atoms with Gasteiger partial charge in [-0.3, -0.25) is 24.1 Å². The second kappa shape index (κ2) is 8.19. The highest BCUT2D eigenvalue weighted by Crippen LogP contribution is 2.52. The number of rotatable bonds is 6. The van der Waals surface area contributed by atoms with Crippen LogP contribution in [0.15, 0.2) is 36.4 Å². The van der Waals surface area contributed by atoms with Crippen molar-refractivity contribution < 1.29 is 19.2 Å². The van der Waals surface area contributed by atoms with E-state index < -0.39 is 0 Å². The van der Waals surface area contributed by atoms with Crippen LogP contribution in [-0.4, -0.2) is 66.0 Å². The Morgan fingerprint density at radius 2 is 1.50 bits per heavy atom. The molecule has 4 unspecified atom stereocenters. The van der Waals surface area contributed by atoms with Crippen LogP contribution in [0, 0.1) is 23.7 Å². The normalized spacial score (nSPS) is 28.6. The third-order valence-corrected chi connectivity index (χ3v) is 7.61. The van der Waals surface area contributed by atoms with Gasteiger partial charge in [0, 0.05) is 50.4 Å². The number of likely N-dealkylation sites (tertiary alicyclic amines) is 1. The van der Waals surface area contributed by atoms with Crippen molar-refractivity contribution in [1.29, 1.82) is 0 Å². The van der Waals surface area contributed by atoms with Crippen LogP contribution >= 0.6 is 0 Å². The van der Waals surface area contributed by atoms with Crippen LogP contribution in [0.4, 0.5) is 5.69 Å². The van der Waals surface area contributed by atoms with E-state index in [0.29, 0.717) is 38.0 Å². The summed E-state index contributed by atoms with van der Waals surface area (Å²) in [6, 6.07) is 7.59. The second-order valence-electron chi connectivity index (χ2n) is 9.40. The molecule has 2 heterocycles. The zero-order valence-corrected chi connectivity index (χ0v) is 18.4. The van der Waals surface area contributed by atoms with Gasteiger partial charge in [0.1, 0.15) is 0 Å². The average Bonchev–Trinajstić information content (AvgIpc) is 3.49. The Morgan fingerprint density at radius 3 is 2.06 bits per heavy atom. The lowest BCUT2D eigenvalue weighted by atomic mass is 9.85. The number of ketones is 1. The molecule has 0 N–H and O–H groups in total. The van der Waals surface area contributed by atoms with Crippen LogP contribution in [0.25, 0.3) is 0 Å². The van der Waals surface area contributed by atoms with Gasteiger partial charge in [-0.1, -0.05) is 12.2 Å². The van der Waals surface area contributed by atoms with E-state index in [0.717, 1.165) is 25.2 Å². The fourth-order valence-corrected chi connectivity index (χ4v) is 5.85. The predicted octanol–water partition coefficient (Wildman–Crippen LogP) is 2.13. The van der Waals surface area contributed by atoms with Crippen LogP contribution in [0.5, 0.6) is 0 Å². The monoisotopic (exact) mass is 435 g/mol. The molecule has 2 aliphatic heterocycles. The Hall–Kier alpha value is -2.96. The standard InChI is InChI=1S/C25H29N3O4/c1-16(29)17-6-8-20(9-7-17)26-11-13-27(14-12-26)21(30)3-2-10-28-24(31)22-18-4-5-19(15-18)23(22)25(28)32/h4-9,18-19,22-23H,2-3,10-15H2,1H3. The van der Waals surface area contributed by atoms with Crippen molar-refractivity contribution in [3.8, 4) is 0 Å². The van der Waals surface area contributed by atoms with Gasteiger partial charge >= 0.3 is 0 Å². The maximum absolute atomic E-state index is 12.7. The smallest absolute Gasteiger partial charge is 0.233 e. The molecule has 7 heteroatoms. The van der Waals surface area contributed by atoms with Crippen molar-refractivity contribution in [2.75, 3.05) is 37.6 Å². The Bertz CT molecular complexity index is 947. The quantitative estimate of drug-likeness (QED) is 0.389. The number of fused-ring (bicyclic) bond motifs is 5. The zero-order chi connectivity index (χ0) is 22.4. The molecule has 0 aromatic heterocycles. The number of carbonyl (C=O) groups is 4. The molecule has 168 valence electrons. The van der Waals surface area contributed by atoms with E-state index >= 15 is 0 Å². The van der Waals surface area contributed by atoms with Gasteiger partial charge in [-0.15, -0.1) is 0 Å². The lowest BCUT2D eigenvalue weighted by Gasteiger charge is -2.36. The van der Waals surface area contributed by atoms with Crippen LogP contribution in [-0.2, 0) is 14.4 Å². The maximum atomic E-state index is 12.7. The molecule has 1 saturated carbocycles. The number of Topliss-reactive ketones (excluding diaryl/α,β-unsaturated/α-hetero) is 1. The number of hydrogen-bond acceptors (Lipinski definition) is 5. The first-order valence-corrected chi connectivity index (χ1v) is 11.6. The van der Waals surface area contributed by atoms with Gasteiger partial charge in [0.2, 0.25) is 17.7 Å². The Balaban J connectivity index is 1.08. The number of allylic oxidation sites excluding steroid dienone is 2. The number of benzene rings is 1. The third-order valence-electron chi connectivity index (χ3n) is 7.61. The summed E-state index contributed by atoms with van der Waals surface area (Å²) in [7, 11) is 0. The molecular formula is C25H29N3O4. The maximum Gasteiger partial charge on any atom is 0.233 e. The molecule has 1 aromatic carbocycles. The highest BCUT2D eigenvalue weighted by Gasteiger charge is 2.58. The first-order valence-electron chi connectivity index (χ1n) is 11.6. The van der Waals surface area contributed by atoms with Gasteiger partial charge in [0.15, 0.2) is 5.78 Å². The van der Waals surface area contributed by atoms with E-state index in [2.05, 4.69) is 17.1 Å². The summed E-state index contributed by atoms with van der Waals surface area (Å²) >= 11 is 0. The van der Waals surface area contributed by atoms with E-state index in [1.165, 1.54) is 4.90 Å². The third kappa shape index (κ3) is 3.53. The summed E-state index contributed by atoms with van der Waals surface area (Å²) in [5.41, 5.74) is 1.76. The van der Waals surface area contributed by atoms with Crippen molar-refractivity contribution in [3.63, 3.8) is 0 Å². The zero-order valence-electron chi connectivity index (χ0n) is 18.4. The molecule has 2 bridgehead atoms. The molecule has 7 nitrogen and oxygen atoms in total. The first-order chi connectivity index (χ1) is 15.4. The van der Waals surface area contributed by atoms with E-state index in [4.69, 9.17) is 0 Å². The molecule has 32 heavy (non-hydrogen) atoms. The summed E-state index contributed by atoms with van der Waals surface area (Å²) in [4.78, 5) is 55.1. The first kappa shape index (κ1) is 20.9. The van der Waals surface area contributed by atoms with Gasteiger partial charge < -0.3 is 9.80 Å². The largest absolute Gasteiger partial charge is 0.368 e. The van der Waals surface area contributed by atoms with Gasteiger partial charge in [0.05, 0.1) is 11.8 Å². The molecule has 3 amide bonds. The van der Waals surface area contributed by atoms with E-state index in [-0.39, 0.29) is 47.2 Å². The SMILES string of the molecule is CC(=O)c1ccc(N2CCN(C(=O)CCCN3C(=O)C4C5C=CC(C5)C4C3=O)CC2)cc1. The minimum atomic E-state index is -0.161. The average molecular weight is 436 g/mol. The van der Waals surface area contributed by atoms with Crippen LogP contribution in [0.2, 0.25) is 0 Å². The van der Waals surface area contributed by atoms with Crippen LogP contribution in [0.3, 0.4) is 0 Å². The molecule has 3 fully saturated rings. The molecule has 5 rings (SSSR count). The molecule has 0 spiro atoms. The number of hydrogen-bond donors (Lipinski definition) is 0. The Morgan fingerprint density at radius 1 is 0.906 bits per heavy atom. The second-order valence-corrected chi connectivity index (χ2v) is 9.40.